The van der Waals surface area contributed by atoms with E-state index in [-0.39, 0.29) is 29.8 Å². The lowest BCUT2D eigenvalue weighted by atomic mass is 9.94. The maximum absolute atomic E-state index is 13.2. The van der Waals surface area contributed by atoms with Gasteiger partial charge in [0.25, 0.3) is 17.7 Å². The number of H-pyrrole nitrogens is 1. The number of nitrogens with one attached hydrogen (secondary N) is 2. The molecule has 3 aromatic rings. The van der Waals surface area contributed by atoms with Gasteiger partial charge in [-0.15, -0.1) is 0 Å². The fraction of sp³-hybridized carbons (Fsp3) is 0.385. The van der Waals surface area contributed by atoms with Crippen molar-refractivity contribution in [2.75, 3.05) is 12.0 Å². The second-order valence-electron chi connectivity index (χ2n) is 8.98. The number of aromatic amines is 1. The number of nitrogens with zero attached hydrogens (tertiary/aromatic N) is 2. The van der Waals surface area contributed by atoms with Gasteiger partial charge in [0.15, 0.2) is 0 Å². The van der Waals surface area contributed by atoms with Gasteiger partial charge in [-0.25, -0.2) is 4.98 Å². The Balaban J connectivity index is 1.37. The van der Waals surface area contributed by atoms with E-state index >= 15 is 0 Å². The first-order valence-corrected chi connectivity index (χ1v) is 13.2. The highest BCUT2D eigenvalue weighted by Gasteiger charge is 2.40. The van der Waals surface area contributed by atoms with E-state index < -0.39 is 0 Å². The van der Waals surface area contributed by atoms with Crippen molar-refractivity contribution >= 4 is 40.5 Å². The predicted octanol–water partition coefficient (Wildman–Crippen LogP) is 4.72. The molecule has 1 fully saturated rings. The number of imidazole rings is 1. The van der Waals surface area contributed by atoms with Crippen LogP contribution in [0.5, 0.6) is 0 Å². The summed E-state index contributed by atoms with van der Waals surface area (Å²) in [6.45, 7) is 0. The van der Waals surface area contributed by atoms with Gasteiger partial charge < -0.3 is 10.3 Å². The van der Waals surface area contributed by atoms with E-state index in [9.17, 15) is 14.4 Å². The number of aromatic nitrogens is 2. The highest BCUT2D eigenvalue weighted by atomic mass is 32.2. The molecule has 1 aliphatic carbocycles. The molecule has 2 aromatic carbocycles. The van der Waals surface area contributed by atoms with Gasteiger partial charge >= 0.3 is 0 Å². The molecule has 1 aromatic heterocycles. The topological polar surface area (TPSA) is 95.2 Å². The van der Waals surface area contributed by atoms with Crippen LogP contribution < -0.4 is 5.32 Å². The van der Waals surface area contributed by atoms with E-state index in [4.69, 9.17) is 0 Å². The third-order valence-corrected chi connectivity index (χ3v) is 7.42. The molecule has 1 aliphatic heterocycles. The van der Waals surface area contributed by atoms with Crippen molar-refractivity contribution < 1.29 is 14.4 Å². The first-order valence-electron chi connectivity index (χ1n) is 11.8. The lowest BCUT2D eigenvalue weighted by molar-refractivity contribution is 0.0548. The third-order valence-electron chi connectivity index (χ3n) is 6.77. The van der Waals surface area contributed by atoms with Crippen molar-refractivity contribution in [2.24, 2.45) is 0 Å². The van der Waals surface area contributed by atoms with E-state index in [1.54, 1.807) is 30.0 Å². The zero-order chi connectivity index (χ0) is 23.7. The van der Waals surface area contributed by atoms with Crippen LogP contribution in [-0.4, -0.2) is 50.6 Å². The maximum atomic E-state index is 13.2. The van der Waals surface area contributed by atoms with Gasteiger partial charge in [-0.1, -0.05) is 31.4 Å². The molecular weight excluding hydrogens is 448 g/mol. The van der Waals surface area contributed by atoms with Crippen LogP contribution in [0.15, 0.2) is 42.5 Å². The molecule has 0 saturated heterocycles. The summed E-state index contributed by atoms with van der Waals surface area (Å²) >= 11 is 1.70. The molecule has 34 heavy (non-hydrogen) atoms. The minimum atomic E-state index is -0.295. The fourth-order valence-electron chi connectivity index (χ4n) is 4.96. The van der Waals surface area contributed by atoms with E-state index in [1.165, 1.54) is 4.90 Å². The first-order chi connectivity index (χ1) is 16.6. The van der Waals surface area contributed by atoms with Crippen LogP contribution in [0.3, 0.4) is 0 Å². The standard InChI is InChI=1S/C26H28N4O3S/c1-34-14-13-22(23-27-20-9-5-6-10-21(20)28-23)29-24(31)16-11-12-18-19(15-16)26(33)30(25(18)32)17-7-3-2-4-8-17/h5-6,9-12,15,17,22H,2-4,7-8,13-14H2,1H3,(H,27,28)(H,29,31). The summed E-state index contributed by atoms with van der Waals surface area (Å²) in [6, 6.07) is 12.3. The van der Waals surface area contributed by atoms with Crippen LogP contribution in [0.25, 0.3) is 11.0 Å². The predicted molar refractivity (Wildman–Crippen MR) is 133 cm³/mol. The Morgan fingerprint density at radius 2 is 1.88 bits per heavy atom. The Morgan fingerprint density at radius 3 is 2.65 bits per heavy atom. The molecule has 2 aliphatic rings. The number of hydrogen-bond acceptors (Lipinski definition) is 5. The highest BCUT2D eigenvalue weighted by molar-refractivity contribution is 7.98. The number of para-hydroxylation sites is 2. The van der Waals surface area contributed by atoms with Crippen LogP contribution in [0.2, 0.25) is 0 Å². The van der Waals surface area contributed by atoms with Gasteiger partial charge in [-0.05, 0) is 61.6 Å². The van der Waals surface area contributed by atoms with Crippen LogP contribution in [-0.2, 0) is 0 Å². The summed E-state index contributed by atoms with van der Waals surface area (Å²) in [4.78, 5) is 48.7. The molecule has 176 valence electrons. The second kappa shape index (κ2) is 9.62. The summed E-state index contributed by atoms with van der Waals surface area (Å²) < 4.78 is 0. The summed E-state index contributed by atoms with van der Waals surface area (Å²) in [5.74, 6) is 0.761. The molecule has 8 heteroatoms. The molecular formula is C26H28N4O3S. The number of hydrogen-bond donors (Lipinski definition) is 2. The number of carbonyl (C=O) groups excluding carboxylic acids is 3. The first kappa shape index (κ1) is 22.7. The summed E-state index contributed by atoms with van der Waals surface area (Å²) in [7, 11) is 0. The van der Waals surface area contributed by atoms with Crippen molar-refractivity contribution in [3.63, 3.8) is 0 Å². The molecule has 1 atom stereocenters. The van der Waals surface area contributed by atoms with Crippen molar-refractivity contribution in [1.29, 1.82) is 0 Å². The Kier molecular flexibility index (Phi) is 6.41. The molecule has 0 spiro atoms. The van der Waals surface area contributed by atoms with E-state index in [1.807, 2.05) is 30.5 Å². The molecule has 2 N–H and O–H groups in total. The van der Waals surface area contributed by atoms with Gasteiger partial charge in [0, 0.05) is 11.6 Å². The average molecular weight is 477 g/mol. The molecule has 5 rings (SSSR count). The lowest BCUT2D eigenvalue weighted by Gasteiger charge is -2.29. The van der Waals surface area contributed by atoms with Crippen molar-refractivity contribution in [2.45, 2.75) is 50.6 Å². The molecule has 3 amide bonds. The van der Waals surface area contributed by atoms with Crippen molar-refractivity contribution in [3.05, 3.63) is 65.0 Å². The van der Waals surface area contributed by atoms with Gasteiger partial charge in [-0.3, -0.25) is 19.3 Å². The maximum Gasteiger partial charge on any atom is 0.261 e. The molecule has 2 heterocycles. The molecule has 1 unspecified atom stereocenters. The van der Waals surface area contributed by atoms with Crippen molar-refractivity contribution in [3.8, 4) is 0 Å². The zero-order valence-corrected chi connectivity index (χ0v) is 20.0. The molecule has 0 radical (unpaired) electrons. The van der Waals surface area contributed by atoms with E-state index in [2.05, 4.69) is 15.3 Å². The minimum absolute atomic E-state index is 0.0394. The van der Waals surface area contributed by atoms with Gasteiger partial charge in [0.2, 0.25) is 0 Å². The summed E-state index contributed by atoms with van der Waals surface area (Å²) in [5, 5.41) is 3.08. The Bertz CT molecular complexity index is 1210. The quantitative estimate of drug-likeness (QED) is 0.481. The monoisotopic (exact) mass is 476 g/mol. The van der Waals surface area contributed by atoms with Crippen LogP contribution in [0, 0.1) is 0 Å². The SMILES string of the molecule is CSCCC(NC(=O)c1ccc2c(c1)C(=O)N(C1CCCCC1)C2=O)c1nc2ccccc2[nH]1. The summed E-state index contributed by atoms with van der Waals surface area (Å²) in [5.41, 5.74) is 2.86. The largest absolute Gasteiger partial charge is 0.342 e. The Hall–Kier alpha value is -3.13. The van der Waals surface area contributed by atoms with E-state index in [0.717, 1.165) is 48.9 Å². The smallest absolute Gasteiger partial charge is 0.261 e. The number of imide groups is 1. The second-order valence-corrected chi connectivity index (χ2v) is 9.96. The number of amides is 3. The van der Waals surface area contributed by atoms with Gasteiger partial charge in [-0.2, -0.15) is 11.8 Å². The summed E-state index contributed by atoms with van der Waals surface area (Å²) in [6.07, 6.45) is 7.66. The Morgan fingerprint density at radius 1 is 1.12 bits per heavy atom. The lowest BCUT2D eigenvalue weighted by Crippen LogP contribution is -2.40. The number of carbonyl (C=O) groups is 3. The number of rotatable bonds is 7. The third kappa shape index (κ3) is 4.22. The van der Waals surface area contributed by atoms with Crippen LogP contribution in [0.1, 0.15) is 81.5 Å². The Labute approximate surface area is 202 Å². The average Bonchev–Trinajstić information content (AvgIpc) is 3.40. The zero-order valence-electron chi connectivity index (χ0n) is 19.2. The molecule has 1 saturated carbocycles. The molecule has 0 bridgehead atoms. The fourth-order valence-corrected chi connectivity index (χ4v) is 5.44. The number of fused-ring (bicyclic) bond motifs is 2. The van der Waals surface area contributed by atoms with Gasteiger partial charge in [0.05, 0.1) is 28.2 Å². The number of benzene rings is 2. The highest BCUT2D eigenvalue weighted by Crippen LogP contribution is 2.31. The number of thioether (sulfide) groups is 1. The minimum Gasteiger partial charge on any atom is -0.342 e. The van der Waals surface area contributed by atoms with Crippen molar-refractivity contribution in [1.82, 2.24) is 20.2 Å². The van der Waals surface area contributed by atoms with Crippen LogP contribution >= 0.6 is 11.8 Å². The normalized spacial score (nSPS) is 17.3. The van der Waals surface area contributed by atoms with Gasteiger partial charge in [0.1, 0.15) is 5.82 Å². The van der Waals surface area contributed by atoms with Crippen LogP contribution in [0.4, 0.5) is 0 Å². The van der Waals surface area contributed by atoms with E-state index in [0.29, 0.717) is 28.9 Å². The molecule has 7 nitrogen and oxygen atoms in total.